The van der Waals surface area contributed by atoms with Crippen LogP contribution in [-0.2, 0) is 16.2 Å². The summed E-state index contributed by atoms with van der Waals surface area (Å²) >= 11 is 0. The number of hydrogen-bond donors (Lipinski definition) is 0. The Kier molecular flexibility index (Phi) is 6.48. The molecule has 40 heavy (non-hydrogen) atoms. The van der Waals surface area contributed by atoms with Crippen molar-refractivity contribution in [2.24, 2.45) is 5.16 Å². The molecule has 5 aromatic carbocycles. The Morgan fingerprint density at radius 2 is 1.35 bits per heavy atom. The number of rotatable bonds is 6. The van der Waals surface area contributed by atoms with Crippen LogP contribution in [0.2, 0.25) is 0 Å². The molecule has 6 aromatic rings. The van der Waals surface area contributed by atoms with Gasteiger partial charge >= 0.3 is 5.97 Å². The molecule has 0 saturated heterocycles. The molecule has 0 aliphatic rings. The van der Waals surface area contributed by atoms with Crippen LogP contribution in [0, 0.1) is 6.92 Å². The molecule has 6 rings (SSSR count). The second kappa shape index (κ2) is 10.3. The van der Waals surface area contributed by atoms with Crippen molar-refractivity contribution < 1.29 is 14.4 Å². The van der Waals surface area contributed by atoms with E-state index in [0.29, 0.717) is 16.8 Å². The zero-order valence-electron chi connectivity index (χ0n) is 22.6. The molecule has 0 aliphatic carbocycles. The molecular weight excluding hydrogens is 496 g/mol. The fourth-order valence-electron chi connectivity index (χ4n) is 5.52. The van der Waals surface area contributed by atoms with Gasteiger partial charge in [0, 0.05) is 57.5 Å². The Hall–Kier alpha value is -5.03. The first-order valence-electron chi connectivity index (χ1n) is 13.4. The second-order valence-electron chi connectivity index (χ2n) is 9.90. The maximum atomic E-state index is 13.8. The average Bonchev–Trinajstić information content (AvgIpc) is 3.29. The van der Waals surface area contributed by atoms with E-state index in [1.165, 1.54) is 6.92 Å². The Balaban J connectivity index is 1.54. The molecule has 5 heteroatoms. The van der Waals surface area contributed by atoms with E-state index in [2.05, 4.69) is 28.8 Å². The Morgan fingerprint density at radius 1 is 0.725 bits per heavy atom. The predicted octanol–water partition coefficient (Wildman–Crippen LogP) is 7.82. The minimum absolute atomic E-state index is 0.00993. The van der Waals surface area contributed by atoms with Crippen LogP contribution in [0.5, 0.6) is 0 Å². The number of oxime groups is 1. The van der Waals surface area contributed by atoms with E-state index in [1.807, 2.05) is 97.9 Å². The molecule has 0 fully saturated rings. The Labute approximate surface area is 232 Å². The number of carbonyl (C=O) groups is 2. The fourth-order valence-corrected chi connectivity index (χ4v) is 5.52. The molecule has 0 aliphatic heterocycles. The van der Waals surface area contributed by atoms with Gasteiger partial charge in [-0.05, 0) is 60.5 Å². The van der Waals surface area contributed by atoms with E-state index in [9.17, 15) is 9.59 Å². The average molecular weight is 525 g/mol. The van der Waals surface area contributed by atoms with E-state index < -0.39 is 5.97 Å². The van der Waals surface area contributed by atoms with Gasteiger partial charge in [-0.1, -0.05) is 78.0 Å². The molecule has 1 heterocycles. The summed E-state index contributed by atoms with van der Waals surface area (Å²) < 4.78 is 2.25. The molecule has 5 nitrogen and oxygen atoms in total. The highest BCUT2D eigenvalue weighted by Crippen LogP contribution is 2.33. The van der Waals surface area contributed by atoms with Crippen LogP contribution in [0.15, 0.2) is 108 Å². The van der Waals surface area contributed by atoms with Crippen LogP contribution in [0.1, 0.15) is 46.5 Å². The van der Waals surface area contributed by atoms with Crippen molar-refractivity contribution in [2.45, 2.75) is 27.3 Å². The zero-order valence-corrected chi connectivity index (χ0v) is 22.6. The topological polar surface area (TPSA) is 60.7 Å². The first-order valence-corrected chi connectivity index (χ1v) is 13.4. The van der Waals surface area contributed by atoms with Gasteiger partial charge in [0.1, 0.15) is 5.71 Å². The van der Waals surface area contributed by atoms with Crippen molar-refractivity contribution in [3.8, 4) is 0 Å². The molecule has 0 radical (unpaired) electrons. The normalized spacial score (nSPS) is 11.8. The van der Waals surface area contributed by atoms with E-state index in [-0.39, 0.29) is 5.78 Å². The van der Waals surface area contributed by atoms with Crippen molar-refractivity contribution in [3.63, 3.8) is 0 Å². The summed E-state index contributed by atoms with van der Waals surface area (Å²) in [5, 5.41) is 8.23. The number of benzene rings is 5. The molecule has 196 valence electrons. The molecule has 0 amide bonds. The number of carbonyl (C=O) groups excluding carboxylic acids is 2. The number of nitrogens with zero attached hydrogens (tertiary/aromatic N) is 2. The predicted molar refractivity (Wildman–Crippen MR) is 161 cm³/mol. The number of aromatic nitrogens is 1. The van der Waals surface area contributed by atoms with Crippen LogP contribution in [-0.4, -0.2) is 22.0 Å². The minimum atomic E-state index is -0.480. The summed E-state index contributed by atoms with van der Waals surface area (Å²) in [5.74, 6) is -0.490. The van der Waals surface area contributed by atoms with Crippen LogP contribution in [0.4, 0.5) is 0 Å². The first kappa shape index (κ1) is 25.3. The van der Waals surface area contributed by atoms with Gasteiger partial charge in [0.25, 0.3) is 0 Å². The lowest BCUT2D eigenvalue weighted by Gasteiger charge is -2.10. The second-order valence-corrected chi connectivity index (χ2v) is 9.90. The van der Waals surface area contributed by atoms with Crippen LogP contribution in [0.3, 0.4) is 0 Å². The number of ketones is 1. The molecule has 0 atom stereocenters. The van der Waals surface area contributed by atoms with Crippen molar-refractivity contribution >= 4 is 50.0 Å². The number of fused-ring (bicyclic) bond motifs is 4. The van der Waals surface area contributed by atoms with Crippen molar-refractivity contribution in [1.82, 2.24) is 4.57 Å². The van der Waals surface area contributed by atoms with Crippen molar-refractivity contribution in [1.29, 1.82) is 0 Å². The van der Waals surface area contributed by atoms with Crippen LogP contribution >= 0.6 is 0 Å². The van der Waals surface area contributed by atoms with Gasteiger partial charge in [-0.2, -0.15) is 0 Å². The van der Waals surface area contributed by atoms with Crippen LogP contribution < -0.4 is 0 Å². The van der Waals surface area contributed by atoms with Gasteiger partial charge in [-0.25, -0.2) is 4.79 Å². The van der Waals surface area contributed by atoms with E-state index >= 15 is 0 Å². The minimum Gasteiger partial charge on any atom is -0.341 e. The van der Waals surface area contributed by atoms with Gasteiger partial charge in [-0.3, -0.25) is 4.79 Å². The van der Waals surface area contributed by atoms with Crippen molar-refractivity contribution in [2.75, 3.05) is 0 Å². The highest BCUT2D eigenvalue weighted by molar-refractivity contribution is 6.20. The monoisotopic (exact) mass is 524 g/mol. The third-order valence-corrected chi connectivity index (χ3v) is 7.42. The maximum absolute atomic E-state index is 13.8. The summed E-state index contributed by atoms with van der Waals surface area (Å²) in [5.41, 5.74) is 6.75. The lowest BCUT2D eigenvalue weighted by molar-refractivity contribution is -0.140. The standard InChI is InChI=1S/C35H28N2O3/c1-4-37-32-18-16-25(34(36-40-23(3)38)27-13-7-5-10-22(27)2)20-30(32)31-21-26(17-19-33(31)37)35(39)29-15-9-12-24-11-6-8-14-28(24)29/h5-21H,4H2,1-3H3/b36-34-. The molecule has 0 saturated carbocycles. The van der Waals surface area contributed by atoms with Gasteiger partial charge < -0.3 is 9.40 Å². The van der Waals surface area contributed by atoms with E-state index in [0.717, 1.165) is 55.8 Å². The van der Waals surface area contributed by atoms with Crippen LogP contribution in [0.25, 0.3) is 32.6 Å². The van der Waals surface area contributed by atoms with Crippen molar-refractivity contribution in [3.05, 3.63) is 131 Å². The molecular formula is C35H28N2O3. The Morgan fingerprint density at radius 3 is 2.08 bits per heavy atom. The quantitative estimate of drug-likeness (QED) is 0.0966. The third kappa shape index (κ3) is 4.35. The zero-order chi connectivity index (χ0) is 27.8. The van der Waals surface area contributed by atoms with Gasteiger partial charge in [-0.15, -0.1) is 0 Å². The summed E-state index contributed by atoms with van der Waals surface area (Å²) in [4.78, 5) is 30.6. The molecule has 0 spiro atoms. The molecule has 0 N–H and O–H groups in total. The molecule has 0 bridgehead atoms. The van der Waals surface area contributed by atoms with E-state index in [4.69, 9.17) is 4.84 Å². The smallest absolute Gasteiger partial charge is 0.332 e. The molecule has 1 aromatic heterocycles. The first-order chi connectivity index (χ1) is 19.5. The maximum Gasteiger partial charge on any atom is 0.332 e. The van der Waals surface area contributed by atoms with Gasteiger partial charge in [0.15, 0.2) is 5.78 Å². The summed E-state index contributed by atoms with van der Waals surface area (Å²) in [6.45, 7) is 6.24. The van der Waals surface area contributed by atoms with Gasteiger partial charge in [0.05, 0.1) is 0 Å². The lowest BCUT2D eigenvalue weighted by Crippen LogP contribution is -2.08. The number of aryl methyl sites for hydroxylation is 2. The summed E-state index contributed by atoms with van der Waals surface area (Å²) in [7, 11) is 0. The molecule has 0 unspecified atom stereocenters. The highest BCUT2D eigenvalue weighted by Gasteiger charge is 2.18. The largest absolute Gasteiger partial charge is 0.341 e. The Bertz CT molecular complexity index is 1980. The van der Waals surface area contributed by atoms with Gasteiger partial charge in [0.2, 0.25) is 0 Å². The third-order valence-electron chi connectivity index (χ3n) is 7.42. The summed E-state index contributed by atoms with van der Waals surface area (Å²) in [6, 6.07) is 33.8. The lowest BCUT2D eigenvalue weighted by atomic mass is 9.95. The fraction of sp³-hybridized carbons (Fsp3) is 0.114. The summed E-state index contributed by atoms with van der Waals surface area (Å²) in [6.07, 6.45) is 0. The number of hydrogen-bond acceptors (Lipinski definition) is 4. The van der Waals surface area contributed by atoms with E-state index in [1.54, 1.807) is 0 Å². The SMILES string of the molecule is CCn1c2ccc(C(=O)c3cccc4ccccc34)cc2c2cc(/C(=N/OC(C)=O)c3ccccc3C)ccc21. The highest BCUT2D eigenvalue weighted by atomic mass is 16.7.